The molecule has 0 radical (unpaired) electrons. The van der Waals surface area contributed by atoms with E-state index in [1.807, 2.05) is 18.2 Å². The molecule has 0 bridgehead atoms. The first-order valence-corrected chi connectivity index (χ1v) is 5.98. The fourth-order valence-corrected chi connectivity index (χ4v) is 1.99. The van der Waals surface area contributed by atoms with E-state index in [2.05, 4.69) is 31.1 Å². The molecule has 0 fully saturated rings. The van der Waals surface area contributed by atoms with E-state index in [0.29, 0.717) is 18.3 Å². The number of pyridine rings is 1. The number of rotatable bonds is 6. The highest BCUT2D eigenvalue weighted by Crippen LogP contribution is 2.21. The van der Waals surface area contributed by atoms with E-state index in [0.717, 1.165) is 12.2 Å². The first-order valence-electron chi connectivity index (χ1n) is 5.98. The Morgan fingerprint density at radius 3 is 2.71 bits per heavy atom. The van der Waals surface area contributed by atoms with E-state index in [9.17, 15) is 0 Å². The fraction of sp³-hybridized carbons (Fsp3) is 0.615. The molecule has 4 nitrogen and oxygen atoms in total. The third kappa shape index (κ3) is 4.23. The molecule has 17 heavy (non-hydrogen) atoms. The van der Waals surface area contributed by atoms with E-state index in [-0.39, 0.29) is 5.54 Å². The van der Waals surface area contributed by atoms with Crippen LogP contribution >= 0.6 is 0 Å². The molecule has 1 unspecified atom stereocenters. The van der Waals surface area contributed by atoms with Gasteiger partial charge in [-0.25, -0.2) is 0 Å². The van der Waals surface area contributed by atoms with Crippen LogP contribution < -0.4 is 15.8 Å². The molecule has 0 aliphatic carbocycles. The molecule has 96 valence electrons. The van der Waals surface area contributed by atoms with Gasteiger partial charge in [-0.1, -0.05) is 19.9 Å². The van der Waals surface area contributed by atoms with E-state index in [1.165, 1.54) is 0 Å². The van der Waals surface area contributed by atoms with E-state index in [4.69, 9.17) is 10.5 Å². The van der Waals surface area contributed by atoms with Gasteiger partial charge in [-0.15, -0.1) is 0 Å². The van der Waals surface area contributed by atoms with Crippen molar-refractivity contribution in [3.05, 3.63) is 18.2 Å². The minimum absolute atomic E-state index is 0.131. The fourth-order valence-electron chi connectivity index (χ4n) is 1.99. The molecule has 0 amide bonds. The largest absolute Gasteiger partial charge is 0.481 e. The smallest absolute Gasteiger partial charge is 0.214 e. The lowest BCUT2D eigenvalue weighted by molar-refractivity contribution is 0.392. The number of methoxy groups -OCH3 is 1. The van der Waals surface area contributed by atoms with Crippen LogP contribution in [0.5, 0.6) is 5.88 Å². The quantitative estimate of drug-likeness (QED) is 0.796. The third-order valence-corrected chi connectivity index (χ3v) is 2.67. The van der Waals surface area contributed by atoms with Crippen molar-refractivity contribution in [1.82, 2.24) is 4.98 Å². The average molecular weight is 237 g/mol. The predicted octanol–water partition coefficient (Wildman–Crippen LogP) is 2.27. The van der Waals surface area contributed by atoms with Gasteiger partial charge in [-0.3, -0.25) is 0 Å². The monoisotopic (exact) mass is 237 g/mol. The van der Waals surface area contributed by atoms with Gasteiger partial charge in [0.1, 0.15) is 5.82 Å². The molecule has 1 heterocycles. The molecule has 0 saturated heterocycles. The Balaban J connectivity index is 2.79. The van der Waals surface area contributed by atoms with Gasteiger partial charge in [0.15, 0.2) is 0 Å². The average Bonchev–Trinajstić information content (AvgIpc) is 2.28. The molecule has 0 aliphatic rings. The van der Waals surface area contributed by atoms with Crippen molar-refractivity contribution >= 4 is 5.82 Å². The number of nitrogens with two attached hydrogens (primary N) is 1. The SMILES string of the molecule is COc1cccc(NC(C)(CN)CC(C)C)n1. The molecule has 1 rings (SSSR count). The van der Waals surface area contributed by atoms with Gasteiger partial charge in [0.25, 0.3) is 0 Å². The van der Waals surface area contributed by atoms with Gasteiger partial charge in [-0.2, -0.15) is 4.98 Å². The maximum Gasteiger partial charge on any atom is 0.214 e. The van der Waals surface area contributed by atoms with Crippen LogP contribution in [0.3, 0.4) is 0 Å². The van der Waals surface area contributed by atoms with Crippen molar-refractivity contribution in [3.63, 3.8) is 0 Å². The summed E-state index contributed by atoms with van der Waals surface area (Å²) in [5.41, 5.74) is 5.72. The van der Waals surface area contributed by atoms with Crippen LogP contribution in [0.2, 0.25) is 0 Å². The lowest BCUT2D eigenvalue weighted by Crippen LogP contribution is -2.43. The summed E-state index contributed by atoms with van der Waals surface area (Å²) in [5.74, 6) is 2.00. The number of ether oxygens (including phenoxy) is 1. The van der Waals surface area contributed by atoms with Crippen LogP contribution in [-0.4, -0.2) is 24.2 Å². The van der Waals surface area contributed by atoms with Crippen LogP contribution in [0.25, 0.3) is 0 Å². The molecule has 0 saturated carbocycles. The standard InChI is InChI=1S/C13H23N3O/c1-10(2)8-13(3,9-14)16-11-6-5-7-12(15-11)17-4/h5-7,10H,8-9,14H2,1-4H3,(H,15,16). The summed E-state index contributed by atoms with van der Waals surface area (Å²) in [6.07, 6.45) is 1.00. The molecule has 4 heteroatoms. The normalized spacial score (nSPS) is 14.5. The van der Waals surface area contributed by atoms with Crippen LogP contribution in [0.15, 0.2) is 18.2 Å². The molecule has 1 atom stereocenters. The number of anilines is 1. The highest BCUT2D eigenvalue weighted by atomic mass is 16.5. The molecular formula is C13H23N3O. The molecule has 0 aromatic carbocycles. The van der Waals surface area contributed by atoms with Crippen molar-refractivity contribution in [2.45, 2.75) is 32.7 Å². The zero-order valence-corrected chi connectivity index (χ0v) is 11.2. The highest BCUT2D eigenvalue weighted by molar-refractivity contribution is 5.40. The van der Waals surface area contributed by atoms with Crippen molar-refractivity contribution in [1.29, 1.82) is 0 Å². The Labute approximate surface area is 104 Å². The van der Waals surface area contributed by atoms with Crippen molar-refractivity contribution in [3.8, 4) is 5.88 Å². The summed E-state index contributed by atoms with van der Waals surface area (Å²) in [4.78, 5) is 4.34. The van der Waals surface area contributed by atoms with Gasteiger partial charge in [0.05, 0.1) is 7.11 Å². The molecule has 0 spiro atoms. The van der Waals surface area contributed by atoms with E-state index < -0.39 is 0 Å². The lowest BCUT2D eigenvalue weighted by atomic mass is 9.91. The summed E-state index contributed by atoms with van der Waals surface area (Å²) < 4.78 is 5.10. The van der Waals surface area contributed by atoms with Gasteiger partial charge in [0.2, 0.25) is 5.88 Å². The highest BCUT2D eigenvalue weighted by Gasteiger charge is 2.23. The maximum absolute atomic E-state index is 5.85. The van der Waals surface area contributed by atoms with Crippen molar-refractivity contribution < 1.29 is 4.74 Å². The Bertz CT molecular complexity index is 354. The maximum atomic E-state index is 5.85. The van der Waals surface area contributed by atoms with Crippen LogP contribution in [-0.2, 0) is 0 Å². The van der Waals surface area contributed by atoms with Crippen molar-refractivity contribution in [2.75, 3.05) is 19.0 Å². The van der Waals surface area contributed by atoms with Crippen LogP contribution in [0.1, 0.15) is 27.2 Å². The van der Waals surface area contributed by atoms with Gasteiger partial charge >= 0.3 is 0 Å². The zero-order valence-electron chi connectivity index (χ0n) is 11.2. The van der Waals surface area contributed by atoms with Gasteiger partial charge < -0.3 is 15.8 Å². The minimum Gasteiger partial charge on any atom is -0.481 e. The molecule has 0 aliphatic heterocycles. The van der Waals surface area contributed by atoms with E-state index in [1.54, 1.807) is 7.11 Å². The summed E-state index contributed by atoms with van der Waals surface area (Å²) in [6.45, 7) is 7.07. The predicted molar refractivity (Wildman–Crippen MR) is 71.3 cm³/mol. The Hall–Kier alpha value is -1.29. The summed E-state index contributed by atoms with van der Waals surface area (Å²) in [6, 6.07) is 5.67. The second-order valence-electron chi connectivity index (χ2n) is 5.05. The molecular weight excluding hydrogens is 214 g/mol. The molecule has 3 N–H and O–H groups in total. The third-order valence-electron chi connectivity index (χ3n) is 2.67. The molecule has 1 aromatic rings. The number of hydrogen-bond donors (Lipinski definition) is 2. The zero-order chi connectivity index (χ0) is 12.9. The number of nitrogens with one attached hydrogen (secondary N) is 1. The van der Waals surface area contributed by atoms with Crippen LogP contribution in [0.4, 0.5) is 5.82 Å². The van der Waals surface area contributed by atoms with Gasteiger partial charge in [0, 0.05) is 18.2 Å². The van der Waals surface area contributed by atoms with Gasteiger partial charge in [-0.05, 0) is 25.3 Å². The second-order valence-corrected chi connectivity index (χ2v) is 5.05. The number of hydrogen-bond acceptors (Lipinski definition) is 4. The number of aromatic nitrogens is 1. The second kappa shape index (κ2) is 5.87. The lowest BCUT2D eigenvalue weighted by Gasteiger charge is -2.31. The Morgan fingerprint density at radius 2 is 2.18 bits per heavy atom. The van der Waals surface area contributed by atoms with Crippen molar-refractivity contribution in [2.24, 2.45) is 11.7 Å². The topological polar surface area (TPSA) is 60.2 Å². The molecule has 1 aromatic heterocycles. The minimum atomic E-state index is -0.131. The summed E-state index contributed by atoms with van der Waals surface area (Å²) >= 11 is 0. The number of nitrogens with zero attached hydrogens (tertiary/aromatic N) is 1. The Morgan fingerprint density at radius 1 is 1.47 bits per heavy atom. The van der Waals surface area contributed by atoms with E-state index >= 15 is 0 Å². The first-order chi connectivity index (χ1) is 7.99. The first kappa shape index (κ1) is 13.8. The van der Waals surface area contributed by atoms with Crippen LogP contribution in [0, 0.1) is 5.92 Å². The summed E-state index contributed by atoms with van der Waals surface area (Å²) in [7, 11) is 1.61. The Kier molecular flexibility index (Phi) is 4.75. The summed E-state index contributed by atoms with van der Waals surface area (Å²) in [5, 5.41) is 3.40.